The van der Waals surface area contributed by atoms with Gasteiger partial charge in [0.1, 0.15) is 11.4 Å². The Morgan fingerprint density at radius 1 is 1.19 bits per heavy atom. The molecule has 1 amide bonds. The predicted molar refractivity (Wildman–Crippen MR) is 128 cm³/mol. The highest BCUT2D eigenvalue weighted by molar-refractivity contribution is 8.14. The minimum Gasteiger partial charge on any atom is -0.444 e. The van der Waals surface area contributed by atoms with Crippen LogP contribution in [0, 0.1) is 11.7 Å². The largest absolute Gasteiger partial charge is 0.494 e. The number of carbonyl (C=O) groups excluding carboxylic acids is 1. The molecule has 0 aliphatic carbocycles. The van der Waals surface area contributed by atoms with Gasteiger partial charge in [0.25, 0.3) is 0 Å². The summed E-state index contributed by atoms with van der Waals surface area (Å²) in [5.74, 6) is -0.297. The van der Waals surface area contributed by atoms with E-state index in [1.807, 2.05) is 41.5 Å². The van der Waals surface area contributed by atoms with Crippen molar-refractivity contribution in [3.63, 3.8) is 0 Å². The standard InChI is InChI=1S/C23H34BFN2O4S/c1-13-14(2)32-19(27-20(28)29-21(3,4)5)26-18(13)16-12-15(10-11-17(16)25)24-30-22(6,7)23(8,9)31-24/h10-14,18H,1-9H3,(H,26,27,28)/t13-,14?,18?/m1/s1. The van der Waals surface area contributed by atoms with E-state index in [0.717, 1.165) is 5.46 Å². The smallest absolute Gasteiger partial charge is 0.444 e. The van der Waals surface area contributed by atoms with E-state index in [2.05, 4.69) is 10.3 Å². The van der Waals surface area contributed by atoms with Gasteiger partial charge in [-0.3, -0.25) is 10.3 Å². The average Bonchev–Trinajstić information content (AvgIpc) is 2.84. The molecule has 1 aromatic carbocycles. The number of thioether (sulfide) groups is 1. The maximum Gasteiger partial charge on any atom is 0.494 e. The van der Waals surface area contributed by atoms with Crippen LogP contribution >= 0.6 is 11.8 Å². The average molecular weight is 464 g/mol. The Bertz CT molecular complexity index is 900. The van der Waals surface area contributed by atoms with Gasteiger partial charge in [0.2, 0.25) is 0 Å². The van der Waals surface area contributed by atoms with E-state index in [0.29, 0.717) is 10.7 Å². The van der Waals surface area contributed by atoms with Crippen molar-refractivity contribution in [1.82, 2.24) is 5.32 Å². The first-order valence-corrected chi connectivity index (χ1v) is 11.9. The van der Waals surface area contributed by atoms with E-state index in [4.69, 9.17) is 14.0 Å². The number of amidine groups is 1. The van der Waals surface area contributed by atoms with Gasteiger partial charge in [-0.25, -0.2) is 9.18 Å². The number of aliphatic imine (C=N–C) groups is 1. The van der Waals surface area contributed by atoms with Crippen molar-refractivity contribution >= 4 is 35.6 Å². The van der Waals surface area contributed by atoms with E-state index in [1.165, 1.54) is 17.8 Å². The van der Waals surface area contributed by atoms with E-state index in [9.17, 15) is 9.18 Å². The Morgan fingerprint density at radius 3 is 2.34 bits per heavy atom. The van der Waals surface area contributed by atoms with Crippen LogP contribution in [-0.4, -0.2) is 40.4 Å². The van der Waals surface area contributed by atoms with Gasteiger partial charge in [-0.15, -0.1) is 0 Å². The molecule has 2 unspecified atom stereocenters. The molecule has 1 fully saturated rings. The van der Waals surface area contributed by atoms with Crippen molar-refractivity contribution in [3.8, 4) is 0 Å². The maximum atomic E-state index is 15.0. The number of amides is 1. The molecule has 3 rings (SSSR count). The highest BCUT2D eigenvalue weighted by atomic mass is 32.2. The minimum absolute atomic E-state index is 0.0484. The molecule has 2 aliphatic heterocycles. The molecule has 1 saturated heterocycles. The van der Waals surface area contributed by atoms with Gasteiger partial charge < -0.3 is 14.0 Å². The summed E-state index contributed by atoms with van der Waals surface area (Å²) >= 11 is 1.45. The van der Waals surface area contributed by atoms with Gasteiger partial charge in [-0.1, -0.05) is 37.7 Å². The minimum atomic E-state index is -0.619. The number of ether oxygens (including phenoxy) is 1. The summed E-state index contributed by atoms with van der Waals surface area (Å²) in [4.78, 5) is 16.9. The molecule has 2 heterocycles. The molecule has 32 heavy (non-hydrogen) atoms. The fraction of sp³-hybridized carbons (Fsp3) is 0.652. The second-order valence-electron chi connectivity index (χ2n) is 10.6. The van der Waals surface area contributed by atoms with Crippen LogP contribution < -0.4 is 10.8 Å². The molecule has 6 nitrogen and oxygen atoms in total. The molecule has 1 N–H and O–H groups in total. The van der Waals surface area contributed by atoms with Crippen molar-refractivity contribution in [1.29, 1.82) is 0 Å². The van der Waals surface area contributed by atoms with Crippen molar-refractivity contribution in [3.05, 3.63) is 29.6 Å². The van der Waals surface area contributed by atoms with Crippen LogP contribution in [0.5, 0.6) is 0 Å². The van der Waals surface area contributed by atoms with Gasteiger partial charge >= 0.3 is 13.2 Å². The first-order chi connectivity index (χ1) is 14.6. The molecule has 0 radical (unpaired) electrons. The first kappa shape index (κ1) is 25.1. The first-order valence-electron chi connectivity index (χ1n) is 11.0. The molecule has 3 atom stereocenters. The van der Waals surface area contributed by atoms with Crippen LogP contribution in [0.15, 0.2) is 23.2 Å². The molecule has 0 aromatic heterocycles. The van der Waals surface area contributed by atoms with E-state index < -0.39 is 36.1 Å². The van der Waals surface area contributed by atoms with E-state index >= 15 is 0 Å². The van der Waals surface area contributed by atoms with Crippen molar-refractivity contribution in [2.45, 2.75) is 90.4 Å². The zero-order valence-corrected chi connectivity index (χ0v) is 21.2. The fourth-order valence-corrected chi connectivity index (χ4v) is 4.57. The third-order valence-corrected chi connectivity index (χ3v) is 7.50. The zero-order chi connectivity index (χ0) is 24.1. The van der Waals surface area contributed by atoms with Crippen LogP contribution in [0.1, 0.15) is 73.9 Å². The molecule has 9 heteroatoms. The van der Waals surface area contributed by atoms with E-state index in [-0.39, 0.29) is 17.0 Å². The maximum absolute atomic E-state index is 15.0. The normalized spacial score (nSPS) is 27.1. The number of nitrogens with one attached hydrogen (secondary N) is 1. The lowest BCUT2D eigenvalue weighted by molar-refractivity contribution is 0.00578. The molecular formula is C23H34BFN2O4S. The lowest BCUT2D eigenvalue weighted by Gasteiger charge is -2.32. The summed E-state index contributed by atoms with van der Waals surface area (Å²) in [6.45, 7) is 17.4. The molecule has 1 aromatic rings. The third-order valence-electron chi connectivity index (χ3n) is 6.26. The van der Waals surface area contributed by atoms with Crippen molar-refractivity contribution in [2.24, 2.45) is 10.9 Å². The van der Waals surface area contributed by atoms with Crippen molar-refractivity contribution in [2.75, 3.05) is 0 Å². The lowest BCUT2D eigenvalue weighted by atomic mass is 9.77. The zero-order valence-electron chi connectivity index (χ0n) is 20.4. The molecule has 2 aliphatic rings. The van der Waals surface area contributed by atoms with Crippen LogP contribution in [-0.2, 0) is 14.0 Å². The van der Waals surface area contributed by atoms with Gasteiger partial charge in [-0.2, -0.15) is 0 Å². The van der Waals surface area contributed by atoms with Gasteiger partial charge in [0.15, 0.2) is 5.17 Å². The Labute approximate surface area is 195 Å². The van der Waals surface area contributed by atoms with E-state index in [1.54, 1.807) is 32.9 Å². The fourth-order valence-electron chi connectivity index (χ4n) is 3.53. The number of carbonyl (C=O) groups is 1. The molecular weight excluding hydrogens is 430 g/mol. The Kier molecular flexibility index (Phi) is 6.77. The Hall–Kier alpha value is -1.58. The van der Waals surface area contributed by atoms with Gasteiger partial charge in [-0.05, 0) is 65.9 Å². The van der Waals surface area contributed by atoms with Crippen molar-refractivity contribution < 1.29 is 23.2 Å². The van der Waals surface area contributed by atoms with Crippen LogP contribution in [0.2, 0.25) is 0 Å². The molecule has 176 valence electrons. The number of hydrogen-bond donors (Lipinski definition) is 1. The summed E-state index contributed by atoms with van der Waals surface area (Å²) in [5, 5.41) is 3.26. The Balaban J connectivity index is 1.90. The SMILES string of the molecule is CC1SC(NC(=O)OC(C)(C)C)=NC(c2cc(B3OC(C)(C)C(C)(C)O3)ccc2F)[C@@H]1C. The van der Waals surface area contributed by atoms with Gasteiger partial charge in [0, 0.05) is 10.8 Å². The lowest BCUT2D eigenvalue weighted by Crippen LogP contribution is -2.41. The predicted octanol–water partition coefficient (Wildman–Crippen LogP) is 4.82. The Morgan fingerprint density at radius 2 is 1.78 bits per heavy atom. The second-order valence-corrected chi connectivity index (χ2v) is 11.9. The number of rotatable bonds is 2. The number of nitrogens with zero attached hydrogens (tertiary/aromatic N) is 1. The van der Waals surface area contributed by atoms with Crippen LogP contribution in [0.25, 0.3) is 0 Å². The highest BCUT2D eigenvalue weighted by Crippen LogP contribution is 2.40. The van der Waals surface area contributed by atoms with Crippen LogP contribution in [0.3, 0.4) is 0 Å². The summed E-state index contributed by atoms with van der Waals surface area (Å²) in [7, 11) is -0.589. The third kappa shape index (κ3) is 5.31. The number of halogens is 1. The summed E-state index contributed by atoms with van der Waals surface area (Å²) < 4.78 is 32.6. The topological polar surface area (TPSA) is 69.2 Å². The number of alkyl carbamates (subject to hydrolysis) is 1. The highest BCUT2D eigenvalue weighted by Gasteiger charge is 2.52. The second kappa shape index (κ2) is 8.65. The quantitative estimate of drug-likeness (QED) is 0.636. The summed E-state index contributed by atoms with van der Waals surface area (Å²) in [6.07, 6.45) is -0.573. The summed E-state index contributed by atoms with van der Waals surface area (Å²) in [6, 6.07) is 4.44. The molecule has 0 spiro atoms. The monoisotopic (exact) mass is 464 g/mol. The number of hydrogen-bond acceptors (Lipinski definition) is 6. The number of benzene rings is 1. The molecule has 0 saturated carbocycles. The van der Waals surface area contributed by atoms with Gasteiger partial charge in [0.05, 0.1) is 17.2 Å². The molecule has 0 bridgehead atoms. The van der Waals surface area contributed by atoms with Crippen LogP contribution in [0.4, 0.5) is 9.18 Å². The summed E-state index contributed by atoms with van der Waals surface area (Å²) in [5.41, 5.74) is -0.391.